The lowest BCUT2D eigenvalue weighted by Crippen LogP contribution is -2.34. The number of methoxy groups -OCH3 is 4. The SMILES string of the molecule is COc1ccc(C(=O)Nc2cc(NC(=O)NC(=O)c3cc(OC)c(OC)c(OC)c3)ccc2Cl)cc1. The zero-order valence-electron chi connectivity index (χ0n) is 19.9. The molecule has 0 heterocycles. The number of carbonyl (C=O) groups is 3. The molecule has 0 aromatic heterocycles. The lowest BCUT2D eigenvalue weighted by atomic mass is 10.1. The number of rotatable bonds is 8. The smallest absolute Gasteiger partial charge is 0.326 e. The molecule has 4 amide bonds. The maximum atomic E-state index is 12.6. The molecular weight excluding hydrogens is 490 g/mol. The Bertz CT molecular complexity index is 1250. The fraction of sp³-hybridized carbons (Fsp3) is 0.160. The van der Waals surface area contributed by atoms with E-state index in [0.29, 0.717) is 22.7 Å². The highest BCUT2D eigenvalue weighted by Crippen LogP contribution is 2.38. The largest absolute Gasteiger partial charge is 0.497 e. The number of amides is 4. The van der Waals surface area contributed by atoms with E-state index in [-0.39, 0.29) is 27.8 Å². The minimum Gasteiger partial charge on any atom is -0.497 e. The Kier molecular flexibility index (Phi) is 8.58. The van der Waals surface area contributed by atoms with Crippen molar-refractivity contribution in [2.45, 2.75) is 0 Å². The number of imide groups is 1. The fourth-order valence-electron chi connectivity index (χ4n) is 3.19. The van der Waals surface area contributed by atoms with Gasteiger partial charge in [-0.25, -0.2) is 4.79 Å². The molecule has 0 aliphatic carbocycles. The minimum absolute atomic E-state index is 0.114. The van der Waals surface area contributed by atoms with E-state index in [1.54, 1.807) is 24.3 Å². The van der Waals surface area contributed by atoms with E-state index in [4.69, 9.17) is 30.5 Å². The quantitative estimate of drug-likeness (QED) is 0.402. The van der Waals surface area contributed by atoms with Crippen LogP contribution >= 0.6 is 11.6 Å². The van der Waals surface area contributed by atoms with Gasteiger partial charge in [-0.2, -0.15) is 0 Å². The lowest BCUT2D eigenvalue weighted by molar-refractivity contribution is 0.0965. The van der Waals surface area contributed by atoms with Gasteiger partial charge in [0.05, 0.1) is 39.1 Å². The average Bonchev–Trinajstić information content (AvgIpc) is 2.89. The highest BCUT2D eigenvalue weighted by atomic mass is 35.5. The van der Waals surface area contributed by atoms with E-state index in [0.717, 1.165) is 0 Å². The molecule has 0 fully saturated rings. The Morgan fingerprint density at radius 2 is 1.33 bits per heavy atom. The number of anilines is 2. The summed E-state index contributed by atoms with van der Waals surface area (Å²) < 4.78 is 20.8. The minimum atomic E-state index is -0.802. The van der Waals surface area contributed by atoms with Crippen molar-refractivity contribution in [3.8, 4) is 23.0 Å². The first-order valence-corrected chi connectivity index (χ1v) is 10.8. The van der Waals surface area contributed by atoms with Crippen molar-refractivity contribution in [2.24, 2.45) is 0 Å². The van der Waals surface area contributed by atoms with Crippen molar-refractivity contribution < 1.29 is 33.3 Å². The molecule has 3 aromatic rings. The summed E-state index contributed by atoms with van der Waals surface area (Å²) in [5, 5.41) is 7.71. The summed E-state index contributed by atoms with van der Waals surface area (Å²) in [6, 6.07) is 13.0. The molecule has 0 radical (unpaired) electrons. The van der Waals surface area contributed by atoms with Crippen molar-refractivity contribution in [3.63, 3.8) is 0 Å². The van der Waals surface area contributed by atoms with Gasteiger partial charge in [-0.15, -0.1) is 0 Å². The Labute approximate surface area is 212 Å². The molecule has 36 heavy (non-hydrogen) atoms. The Morgan fingerprint density at radius 3 is 1.89 bits per heavy atom. The van der Waals surface area contributed by atoms with E-state index in [9.17, 15) is 14.4 Å². The highest BCUT2D eigenvalue weighted by Gasteiger charge is 2.19. The van der Waals surface area contributed by atoms with Gasteiger partial charge in [-0.1, -0.05) is 11.6 Å². The van der Waals surface area contributed by atoms with Crippen LogP contribution < -0.4 is 34.9 Å². The van der Waals surface area contributed by atoms with Crippen LogP contribution in [0.2, 0.25) is 5.02 Å². The number of carbonyl (C=O) groups excluding carboxylic acids is 3. The van der Waals surface area contributed by atoms with Gasteiger partial charge in [0.1, 0.15) is 5.75 Å². The van der Waals surface area contributed by atoms with Gasteiger partial charge < -0.3 is 29.6 Å². The molecule has 0 bridgehead atoms. The molecule has 0 atom stereocenters. The normalized spacial score (nSPS) is 10.1. The summed E-state index contributed by atoms with van der Waals surface area (Å²) in [5.41, 5.74) is 1.06. The second kappa shape index (κ2) is 11.8. The van der Waals surface area contributed by atoms with Crippen molar-refractivity contribution in [1.29, 1.82) is 0 Å². The molecule has 0 spiro atoms. The number of nitrogens with one attached hydrogen (secondary N) is 3. The molecule has 0 saturated heterocycles. The van der Waals surface area contributed by atoms with Crippen LogP contribution in [0, 0.1) is 0 Å². The van der Waals surface area contributed by atoms with Crippen molar-refractivity contribution in [1.82, 2.24) is 5.32 Å². The number of hydrogen-bond acceptors (Lipinski definition) is 7. The van der Waals surface area contributed by atoms with Crippen LogP contribution in [-0.2, 0) is 0 Å². The summed E-state index contributed by atoms with van der Waals surface area (Å²) >= 11 is 6.21. The summed E-state index contributed by atoms with van der Waals surface area (Å²) in [7, 11) is 5.80. The first-order chi connectivity index (χ1) is 17.3. The second-order valence-corrected chi connectivity index (χ2v) is 7.61. The van der Waals surface area contributed by atoms with Crippen LogP contribution in [0.3, 0.4) is 0 Å². The molecule has 188 valence electrons. The number of urea groups is 1. The topological polar surface area (TPSA) is 124 Å². The molecular formula is C25H24ClN3O7. The third-order valence-electron chi connectivity index (χ3n) is 4.98. The summed E-state index contributed by atoms with van der Waals surface area (Å²) in [4.78, 5) is 37.7. The standard InChI is InChI=1S/C25H24ClN3O7/c1-33-17-8-5-14(6-9-17)23(30)28-19-13-16(7-10-18(19)26)27-25(32)29-24(31)15-11-20(34-2)22(36-4)21(12-15)35-3/h5-13H,1-4H3,(H,28,30)(H2,27,29,31,32). The predicted molar refractivity (Wildman–Crippen MR) is 135 cm³/mol. The van der Waals surface area contributed by atoms with Crippen LogP contribution in [-0.4, -0.2) is 46.3 Å². The molecule has 0 unspecified atom stereocenters. The zero-order chi connectivity index (χ0) is 26.2. The molecule has 10 nitrogen and oxygen atoms in total. The fourth-order valence-corrected chi connectivity index (χ4v) is 3.35. The van der Waals surface area contributed by atoms with Crippen molar-refractivity contribution >= 4 is 40.8 Å². The van der Waals surface area contributed by atoms with E-state index in [2.05, 4.69) is 16.0 Å². The van der Waals surface area contributed by atoms with Crippen LogP contribution in [0.5, 0.6) is 23.0 Å². The van der Waals surface area contributed by atoms with E-state index < -0.39 is 17.8 Å². The lowest BCUT2D eigenvalue weighted by Gasteiger charge is -2.14. The van der Waals surface area contributed by atoms with Crippen LogP contribution in [0.4, 0.5) is 16.2 Å². The number of ether oxygens (including phenoxy) is 4. The molecule has 11 heteroatoms. The molecule has 0 aliphatic heterocycles. The predicted octanol–water partition coefficient (Wildman–Crippen LogP) is 4.59. The maximum absolute atomic E-state index is 12.6. The van der Waals surface area contributed by atoms with Crippen LogP contribution in [0.1, 0.15) is 20.7 Å². The molecule has 3 aromatic carbocycles. The third kappa shape index (κ3) is 6.16. The van der Waals surface area contributed by atoms with E-state index in [1.165, 1.54) is 58.8 Å². The maximum Gasteiger partial charge on any atom is 0.326 e. The van der Waals surface area contributed by atoms with Gasteiger partial charge in [0, 0.05) is 16.8 Å². The summed E-state index contributed by atoms with van der Waals surface area (Å²) in [6.45, 7) is 0. The Morgan fingerprint density at radius 1 is 0.694 bits per heavy atom. The average molecular weight is 514 g/mol. The van der Waals surface area contributed by atoms with E-state index in [1.807, 2.05) is 0 Å². The van der Waals surface area contributed by atoms with Gasteiger partial charge in [-0.3, -0.25) is 14.9 Å². The summed E-state index contributed by atoms with van der Waals surface area (Å²) in [6.07, 6.45) is 0. The second-order valence-electron chi connectivity index (χ2n) is 7.20. The van der Waals surface area contributed by atoms with E-state index >= 15 is 0 Å². The summed E-state index contributed by atoms with van der Waals surface area (Å²) in [5.74, 6) is 0.344. The number of halogens is 1. The Balaban J connectivity index is 1.70. The highest BCUT2D eigenvalue weighted by molar-refractivity contribution is 6.34. The Hall–Kier alpha value is -4.44. The molecule has 3 N–H and O–H groups in total. The van der Waals surface area contributed by atoms with Crippen LogP contribution in [0.25, 0.3) is 0 Å². The number of benzene rings is 3. The molecule has 0 aliphatic rings. The first-order valence-electron chi connectivity index (χ1n) is 10.5. The third-order valence-corrected chi connectivity index (χ3v) is 5.31. The molecule has 3 rings (SSSR count). The van der Waals surface area contributed by atoms with Gasteiger partial charge in [0.25, 0.3) is 11.8 Å². The van der Waals surface area contributed by atoms with Gasteiger partial charge >= 0.3 is 6.03 Å². The first kappa shape index (κ1) is 26.2. The van der Waals surface area contributed by atoms with Gasteiger partial charge in [0.15, 0.2) is 11.5 Å². The van der Waals surface area contributed by atoms with Gasteiger partial charge in [0.2, 0.25) is 5.75 Å². The number of hydrogen-bond donors (Lipinski definition) is 3. The van der Waals surface area contributed by atoms with Crippen molar-refractivity contribution in [2.75, 3.05) is 39.1 Å². The van der Waals surface area contributed by atoms with Gasteiger partial charge in [-0.05, 0) is 54.6 Å². The monoisotopic (exact) mass is 513 g/mol. The van der Waals surface area contributed by atoms with Crippen LogP contribution in [0.15, 0.2) is 54.6 Å². The molecule has 0 saturated carbocycles. The zero-order valence-corrected chi connectivity index (χ0v) is 20.7. The van der Waals surface area contributed by atoms with Crippen molar-refractivity contribution in [3.05, 3.63) is 70.7 Å².